The van der Waals surface area contributed by atoms with Gasteiger partial charge in [-0.2, -0.15) is 10.4 Å². The fraction of sp³-hybridized carbons (Fsp3) is 1.00. The first kappa shape index (κ1) is 15.9. The molecule has 2 N–H and O–H groups in total. The van der Waals surface area contributed by atoms with E-state index in [1.54, 1.807) is 0 Å². The van der Waals surface area contributed by atoms with Crippen molar-refractivity contribution in [2.24, 2.45) is 0 Å². The second kappa shape index (κ2) is 8.97. The molecule has 0 aliphatic heterocycles. The molecule has 0 aromatic heterocycles. The number of unbranched alkanes of at least 4 members (excludes halogenated alkanes) is 7. The van der Waals surface area contributed by atoms with Gasteiger partial charge in [-0.25, -0.2) is 0 Å². The summed E-state index contributed by atoms with van der Waals surface area (Å²) in [4.78, 5) is -0.824. The minimum atomic E-state index is -0.824. The summed E-state index contributed by atoms with van der Waals surface area (Å²) in [5, 5.41) is 19.1. The first-order valence-corrected chi connectivity index (χ1v) is 6.84. The summed E-state index contributed by atoms with van der Waals surface area (Å²) < 4.78 is 0. The average molecular weight is 232 g/mol. The van der Waals surface area contributed by atoms with Crippen LogP contribution in [0.1, 0.15) is 72.1 Å². The van der Waals surface area contributed by atoms with Gasteiger partial charge >= 0.3 is 0 Å². The number of hydroxylamine groups is 4. The van der Waals surface area contributed by atoms with Crippen LogP contribution < -0.4 is 0 Å². The van der Waals surface area contributed by atoms with Crippen molar-refractivity contribution in [2.45, 2.75) is 78.2 Å². The predicted molar refractivity (Wildman–Crippen MR) is 66.4 cm³/mol. The number of hydrogen-bond donors (Lipinski definition) is 2. The summed E-state index contributed by atoms with van der Waals surface area (Å²) in [7, 11) is 0. The van der Waals surface area contributed by atoms with E-state index in [4.69, 9.17) is 0 Å². The second-order valence-electron chi connectivity index (χ2n) is 5.08. The summed E-state index contributed by atoms with van der Waals surface area (Å²) in [6.07, 6.45) is 9.85. The van der Waals surface area contributed by atoms with Gasteiger partial charge in [-0.3, -0.25) is 0 Å². The number of nitrogens with zero attached hydrogens (tertiary/aromatic N) is 1. The van der Waals surface area contributed by atoms with E-state index in [-0.39, 0.29) is 6.04 Å². The van der Waals surface area contributed by atoms with Gasteiger partial charge in [0, 0.05) is 6.42 Å². The maximum absolute atomic E-state index is 9.56. The van der Waals surface area contributed by atoms with Crippen molar-refractivity contribution in [2.75, 3.05) is 6.54 Å². The van der Waals surface area contributed by atoms with E-state index in [0.717, 1.165) is 12.8 Å². The maximum Gasteiger partial charge on any atom is 0.146 e. The average Bonchev–Trinajstić information content (AvgIpc) is 2.21. The van der Waals surface area contributed by atoms with Crippen LogP contribution in [0.3, 0.4) is 0 Å². The number of rotatable bonds is 10. The van der Waals surface area contributed by atoms with E-state index in [2.05, 4.69) is 6.92 Å². The molecule has 0 heterocycles. The highest BCUT2D eigenvalue weighted by atomic mass is 16.8. The van der Waals surface area contributed by atoms with Gasteiger partial charge in [-0.15, -0.1) is 0 Å². The molecular weight excluding hydrogens is 202 g/mol. The third-order valence-electron chi connectivity index (χ3n) is 3.17. The summed E-state index contributed by atoms with van der Waals surface area (Å²) in [6, 6.07) is -0.135. The van der Waals surface area contributed by atoms with Crippen LogP contribution in [0.25, 0.3) is 0 Å². The van der Waals surface area contributed by atoms with Crippen LogP contribution in [0.4, 0.5) is 0 Å². The first-order valence-electron chi connectivity index (χ1n) is 6.84. The largest absolute Gasteiger partial charge is 0.182 e. The van der Waals surface area contributed by atoms with E-state index >= 15 is 0 Å². The van der Waals surface area contributed by atoms with E-state index in [1.165, 1.54) is 38.5 Å². The smallest absolute Gasteiger partial charge is 0.146 e. The van der Waals surface area contributed by atoms with Crippen LogP contribution in [0.5, 0.6) is 0 Å². The third kappa shape index (κ3) is 8.08. The van der Waals surface area contributed by atoms with Gasteiger partial charge in [-0.1, -0.05) is 45.4 Å². The monoisotopic (exact) mass is 232 g/mol. The van der Waals surface area contributed by atoms with Crippen LogP contribution in [0.15, 0.2) is 0 Å². The standard InChI is InChI=1S/C13H30NO2/c1-4-5-6-7-8-9-10-11-12-14(15,16)13(2)3/h13,15-16H,4-12H2,1-3H3/q+1. The van der Waals surface area contributed by atoms with Gasteiger partial charge in [0.2, 0.25) is 0 Å². The van der Waals surface area contributed by atoms with Gasteiger partial charge in [0.1, 0.15) is 12.6 Å². The Labute approximate surface area is 101 Å². The van der Waals surface area contributed by atoms with Crippen LogP contribution >= 0.6 is 0 Å². The Morgan fingerprint density at radius 3 is 1.69 bits per heavy atom. The second-order valence-corrected chi connectivity index (χ2v) is 5.08. The molecule has 0 radical (unpaired) electrons. The van der Waals surface area contributed by atoms with Crippen molar-refractivity contribution in [3.8, 4) is 0 Å². The lowest BCUT2D eigenvalue weighted by Crippen LogP contribution is -2.47. The van der Waals surface area contributed by atoms with Gasteiger partial charge in [0.15, 0.2) is 0 Å². The van der Waals surface area contributed by atoms with Crippen LogP contribution in [-0.4, -0.2) is 27.8 Å². The lowest BCUT2D eigenvalue weighted by atomic mass is 10.1. The van der Waals surface area contributed by atoms with Gasteiger partial charge in [0.05, 0.1) is 0 Å². The summed E-state index contributed by atoms with van der Waals surface area (Å²) in [5.41, 5.74) is 0. The molecule has 3 nitrogen and oxygen atoms in total. The molecule has 0 atom stereocenters. The maximum atomic E-state index is 9.56. The highest BCUT2D eigenvalue weighted by Gasteiger charge is 2.26. The Kier molecular flexibility index (Phi) is 8.90. The van der Waals surface area contributed by atoms with Gasteiger partial charge < -0.3 is 0 Å². The lowest BCUT2D eigenvalue weighted by molar-refractivity contribution is -1.26. The fourth-order valence-electron chi connectivity index (χ4n) is 1.74. The Balaban J connectivity index is 3.27. The normalized spacial score (nSPS) is 12.4. The fourth-order valence-corrected chi connectivity index (χ4v) is 1.74. The lowest BCUT2D eigenvalue weighted by Gasteiger charge is -2.25. The summed E-state index contributed by atoms with van der Waals surface area (Å²) in [5.74, 6) is 0. The van der Waals surface area contributed by atoms with E-state index in [0.29, 0.717) is 6.54 Å². The molecule has 0 aliphatic rings. The van der Waals surface area contributed by atoms with Crippen LogP contribution in [-0.2, 0) is 0 Å². The molecule has 0 aromatic carbocycles. The van der Waals surface area contributed by atoms with Crippen molar-refractivity contribution in [3.05, 3.63) is 0 Å². The van der Waals surface area contributed by atoms with Gasteiger partial charge in [-0.05, 0) is 25.1 Å². The Morgan fingerprint density at radius 1 is 0.812 bits per heavy atom. The quantitative estimate of drug-likeness (QED) is 0.338. The topological polar surface area (TPSA) is 40.5 Å². The molecule has 0 saturated heterocycles. The molecule has 0 amide bonds. The van der Waals surface area contributed by atoms with Crippen molar-refractivity contribution in [3.63, 3.8) is 0 Å². The number of quaternary nitrogens is 1. The van der Waals surface area contributed by atoms with Crippen molar-refractivity contribution < 1.29 is 15.2 Å². The van der Waals surface area contributed by atoms with Crippen molar-refractivity contribution in [1.29, 1.82) is 0 Å². The zero-order valence-electron chi connectivity index (χ0n) is 11.3. The molecule has 0 saturated carbocycles. The first-order chi connectivity index (χ1) is 7.50. The Bertz CT molecular complexity index is 158. The molecular formula is C13H30NO2+. The minimum Gasteiger partial charge on any atom is -0.182 e. The van der Waals surface area contributed by atoms with Crippen LogP contribution in [0.2, 0.25) is 0 Å². The highest BCUT2D eigenvalue weighted by Crippen LogP contribution is 2.11. The molecule has 3 heteroatoms. The molecule has 0 rings (SSSR count). The zero-order valence-corrected chi connectivity index (χ0v) is 11.3. The molecule has 0 unspecified atom stereocenters. The Morgan fingerprint density at radius 2 is 1.25 bits per heavy atom. The summed E-state index contributed by atoms with van der Waals surface area (Å²) in [6.45, 7) is 6.33. The Hall–Kier alpha value is -0.120. The SMILES string of the molecule is CCCCCCCCCC[N+](O)(O)C(C)C. The van der Waals surface area contributed by atoms with Gasteiger partial charge in [0.25, 0.3) is 0 Å². The molecule has 0 aromatic rings. The molecule has 0 fully saturated rings. The molecule has 0 bridgehead atoms. The highest BCUT2D eigenvalue weighted by molar-refractivity contribution is 4.45. The molecule has 0 spiro atoms. The zero-order chi connectivity index (χ0) is 12.4. The molecule has 16 heavy (non-hydrogen) atoms. The van der Waals surface area contributed by atoms with Crippen molar-refractivity contribution in [1.82, 2.24) is 0 Å². The predicted octanol–water partition coefficient (Wildman–Crippen LogP) is 4.13. The third-order valence-corrected chi connectivity index (χ3v) is 3.17. The summed E-state index contributed by atoms with van der Waals surface area (Å²) >= 11 is 0. The van der Waals surface area contributed by atoms with Crippen LogP contribution in [0, 0.1) is 0 Å². The molecule has 0 aliphatic carbocycles. The van der Waals surface area contributed by atoms with E-state index in [1.807, 2.05) is 13.8 Å². The number of hydrogen-bond acceptors (Lipinski definition) is 2. The van der Waals surface area contributed by atoms with Crippen molar-refractivity contribution >= 4 is 0 Å². The minimum absolute atomic E-state index is 0.135. The van der Waals surface area contributed by atoms with E-state index < -0.39 is 4.81 Å². The molecule has 98 valence electrons. The van der Waals surface area contributed by atoms with E-state index in [9.17, 15) is 10.4 Å².